The van der Waals surface area contributed by atoms with Gasteiger partial charge in [0.2, 0.25) is 5.91 Å². The number of hydrogen-bond acceptors (Lipinski definition) is 5. The van der Waals surface area contributed by atoms with Crippen molar-refractivity contribution in [1.29, 1.82) is 0 Å². The molecule has 136 valence electrons. The van der Waals surface area contributed by atoms with E-state index < -0.39 is 0 Å². The van der Waals surface area contributed by atoms with Crippen LogP contribution in [0.3, 0.4) is 0 Å². The Kier molecular flexibility index (Phi) is 6.27. The number of furan rings is 1. The maximum absolute atomic E-state index is 12.0. The summed E-state index contributed by atoms with van der Waals surface area (Å²) < 4.78 is 10.5. The summed E-state index contributed by atoms with van der Waals surface area (Å²) in [5.74, 6) is 0.234. The number of amides is 1. The molecule has 0 bridgehead atoms. The molecule has 0 radical (unpaired) electrons. The highest BCUT2D eigenvalue weighted by Crippen LogP contribution is 2.29. The van der Waals surface area contributed by atoms with Crippen molar-refractivity contribution in [3.63, 3.8) is 0 Å². The number of morpholine rings is 1. The molecule has 1 amide bonds. The van der Waals surface area contributed by atoms with E-state index in [4.69, 9.17) is 33.0 Å². The quantitative estimate of drug-likeness (QED) is 0.615. The average Bonchev–Trinajstić information content (AvgIpc) is 3.14. The van der Waals surface area contributed by atoms with Gasteiger partial charge in [0.1, 0.15) is 5.76 Å². The van der Waals surface area contributed by atoms with Crippen LogP contribution in [0.25, 0.3) is 6.08 Å². The molecule has 1 aliphatic rings. The molecule has 1 fully saturated rings. The Morgan fingerprint density at radius 2 is 2.08 bits per heavy atom. The first kappa shape index (κ1) is 18.4. The van der Waals surface area contributed by atoms with Crippen LogP contribution in [-0.2, 0) is 9.53 Å². The van der Waals surface area contributed by atoms with Crippen molar-refractivity contribution in [2.45, 2.75) is 0 Å². The van der Waals surface area contributed by atoms with Gasteiger partial charge in [-0.15, -0.1) is 0 Å². The van der Waals surface area contributed by atoms with E-state index in [9.17, 15) is 4.79 Å². The molecule has 1 aliphatic heterocycles. The van der Waals surface area contributed by atoms with Crippen molar-refractivity contribution >= 4 is 52.3 Å². The van der Waals surface area contributed by atoms with E-state index in [1.165, 1.54) is 12.3 Å². The Labute approximate surface area is 161 Å². The second-order valence-corrected chi connectivity index (χ2v) is 6.40. The van der Waals surface area contributed by atoms with Crippen molar-refractivity contribution < 1.29 is 13.9 Å². The molecule has 2 heterocycles. The van der Waals surface area contributed by atoms with Gasteiger partial charge in [-0.3, -0.25) is 10.1 Å². The highest BCUT2D eigenvalue weighted by Gasteiger charge is 2.16. The monoisotopic (exact) mass is 391 g/mol. The molecule has 2 aromatic rings. The van der Waals surface area contributed by atoms with E-state index in [2.05, 4.69) is 15.5 Å². The highest BCUT2D eigenvalue weighted by molar-refractivity contribution is 7.80. The molecule has 8 heteroatoms. The third-order valence-electron chi connectivity index (χ3n) is 3.74. The topological polar surface area (TPSA) is 66.7 Å². The number of hydrogen-bond donors (Lipinski definition) is 2. The smallest absolute Gasteiger partial charge is 0.250 e. The Hall–Kier alpha value is -2.35. The fourth-order valence-corrected chi connectivity index (χ4v) is 2.92. The van der Waals surface area contributed by atoms with Gasteiger partial charge in [-0.1, -0.05) is 11.6 Å². The molecule has 0 aliphatic carbocycles. The third-order valence-corrected chi connectivity index (χ3v) is 4.18. The predicted octanol–water partition coefficient (Wildman–Crippen LogP) is 3.30. The van der Waals surface area contributed by atoms with E-state index in [0.717, 1.165) is 24.5 Å². The molecule has 1 aromatic heterocycles. The molecular formula is C18H18ClN3O3S. The van der Waals surface area contributed by atoms with Crippen LogP contribution in [0.4, 0.5) is 11.4 Å². The van der Waals surface area contributed by atoms with Crippen molar-refractivity contribution in [2.24, 2.45) is 0 Å². The SMILES string of the molecule is O=C(/C=C/c1ccco1)NC(=S)Nc1cc(Cl)ccc1N1CCOCC1. The number of benzene rings is 1. The zero-order chi connectivity index (χ0) is 18.4. The molecule has 0 unspecified atom stereocenters. The van der Waals surface area contributed by atoms with Gasteiger partial charge in [0.25, 0.3) is 0 Å². The van der Waals surface area contributed by atoms with Crippen LogP contribution in [-0.4, -0.2) is 37.3 Å². The zero-order valence-corrected chi connectivity index (χ0v) is 15.5. The van der Waals surface area contributed by atoms with E-state index in [-0.39, 0.29) is 11.0 Å². The Morgan fingerprint density at radius 3 is 2.81 bits per heavy atom. The molecular weight excluding hydrogens is 374 g/mol. The van der Waals surface area contributed by atoms with Gasteiger partial charge < -0.3 is 19.4 Å². The van der Waals surface area contributed by atoms with Crippen LogP contribution in [0, 0.1) is 0 Å². The number of nitrogens with zero attached hydrogens (tertiary/aromatic N) is 1. The lowest BCUT2D eigenvalue weighted by atomic mass is 10.2. The lowest BCUT2D eigenvalue weighted by Crippen LogP contribution is -2.37. The lowest BCUT2D eigenvalue weighted by Gasteiger charge is -2.30. The highest BCUT2D eigenvalue weighted by atomic mass is 35.5. The predicted molar refractivity (Wildman–Crippen MR) is 107 cm³/mol. The zero-order valence-electron chi connectivity index (χ0n) is 13.9. The summed E-state index contributed by atoms with van der Waals surface area (Å²) in [7, 11) is 0. The second kappa shape index (κ2) is 8.84. The number of rotatable bonds is 4. The summed E-state index contributed by atoms with van der Waals surface area (Å²) in [5.41, 5.74) is 1.69. The largest absolute Gasteiger partial charge is 0.465 e. The maximum atomic E-state index is 12.0. The van der Waals surface area contributed by atoms with Crippen molar-refractivity contribution in [3.05, 3.63) is 53.5 Å². The van der Waals surface area contributed by atoms with Gasteiger partial charge in [0.05, 0.1) is 30.9 Å². The normalized spacial score (nSPS) is 14.4. The molecule has 0 spiro atoms. The van der Waals surface area contributed by atoms with Crippen LogP contribution >= 0.6 is 23.8 Å². The van der Waals surface area contributed by atoms with Crippen molar-refractivity contribution in [1.82, 2.24) is 5.32 Å². The van der Waals surface area contributed by atoms with Gasteiger partial charge >= 0.3 is 0 Å². The summed E-state index contributed by atoms with van der Waals surface area (Å²) in [6.07, 6.45) is 4.46. The fraction of sp³-hybridized carbons (Fsp3) is 0.222. The standard InChI is InChI=1S/C18H18ClN3O3S/c19-13-3-5-16(22-7-10-24-11-8-22)15(12-13)20-18(26)21-17(23)6-4-14-2-1-9-25-14/h1-6,9,12H,7-8,10-11H2,(H2,20,21,23,26)/b6-4+. The lowest BCUT2D eigenvalue weighted by molar-refractivity contribution is -0.115. The van der Waals surface area contributed by atoms with Gasteiger partial charge in [0, 0.05) is 24.2 Å². The molecule has 0 saturated carbocycles. The molecule has 2 N–H and O–H groups in total. The number of ether oxygens (including phenoxy) is 1. The summed E-state index contributed by atoms with van der Waals surface area (Å²) in [6.45, 7) is 2.89. The Morgan fingerprint density at radius 1 is 1.27 bits per heavy atom. The van der Waals surface area contributed by atoms with Crippen molar-refractivity contribution in [2.75, 3.05) is 36.5 Å². The van der Waals surface area contributed by atoms with Gasteiger partial charge in [-0.2, -0.15) is 0 Å². The fourth-order valence-electron chi connectivity index (χ4n) is 2.54. The first-order valence-electron chi connectivity index (χ1n) is 8.07. The Bertz CT molecular complexity index is 802. The number of nitrogens with one attached hydrogen (secondary N) is 2. The summed E-state index contributed by atoms with van der Waals surface area (Å²) in [4.78, 5) is 14.2. The van der Waals surface area contributed by atoms with E-state index in [0.29, 0.717) is 24.0 Å². The molecule has 26 heavy (non-hydrogen) atoms. The average molecular weight is 392 g/mol. The molecule has 1 aromatic carbocycles. The van der Waals surface area contributed by atoms with Crippen LogP contribution < -0.4 is 15.5 Å². The first-order valence-corrected chi connectivity index (χ1v) is 8.86. The summed E-state index contributed by atoms with van der Waals surface area (Å²) in [5, 5.41) is 6.43. The molecule has 1 saturated heterocycles. The minimum atomic E-state index is -0.353. The second-order valence-electron chi connectivity index (χ2n) is 5.55. The van der Waals surface area contributed by atoms with Gasteiger partial charge in [-0.05, 0) is 48.6 Å². The number of halogens is 1. The van der Waals surface area contributed by atoms with Crippen LogP contribution in [0.1, 0.15) is 5.76 Å². The molecule has 0 atom stereocenters. The summed E-state index contributed by atoms with van der Waals surface area (Å²) in [6, 6.07) is 9.03. The van der Waals surface area contributed by atoms with E-state index in [1.807, 2.05) is 12.1 Å². The third kappa shape index (κ3) is 5.08. The summed E-state index contributed by atoms with van der Waals surface area (Å²) >= 11 is 11.4. The number of carbonyl (C=O) groups is 1. The van der Waals surface area contributed by atoms with E-state index >= 15 is 0 Å². The maximum Gasteiger partial charge on any atom is 0.250 e. The van der Waals surface area contributed by atoms with Crippen molar-refractivity contribution in [3.8, 4) is 0 Å². The number of carbonyl (C=O) groups excluding carboxylic acids is 1. The number of thiocarbonyl (C=S) groups is 1. The first-order chi connectivity index (χ1) is 12.6. The van der Waals surface area contributed by atoms with Crippen LogP contribution in [0.2, 0.25) is 5.02 Å². The number of anilines is 2. The van der Waals surface area contributed by atoms with Gasteiger partial charge in [0.15, 0.2) is 5.11 Å². The van der Waals surface area contributed by atoms with Crippen LogP contribution in [0.5, 0.6) is 0 Å². The van der Waals surface area contributed by atoms with Gasteiger partial charge in [-0.25, -0.2) is 0 Å². The molecule has 6 nitrogen and oxygen atoms in total. The Balaban J connectivity index is 1.64. The van der Waals surface area contributed by atoms with Crippen LogP contribution in [0.15, 0.2) is 47.1 Å². The molecule has 3 rings (SSSR count). The minimum Gasteiger partial charge on any atom is -0.465 e. The minimum absolute atomic E-state index is 0.191. The van der Waals surface area contributed by atoms with E-state index in [1.54, 1.807) is 24.3 Å².